The summed E-state index contributed by atoms with van der Waals surface area (Å²) in [4.78, 5) is 4.72. The first kappa shape index (κ1) is 25.5. The number of aliphatic hydroxyl groups is 1. The summed E-state index contributed by atoms with van der Waals surface area (Å²) < 4.78 is 0. The minimum Gasteiger partial charge on any atom is -0.392 e. The van der Waals surface area contributed by atoms with E-state index in [0.29, 0.717) is 22.7 Å². The Morgan fingerprint density at radius 3 is 2.33 bits per heavy atom. The number of fused-ring (bicyclic) bond motifs is 5. The molecule has 4 fully saturated rings. The molecular formula is C30H50O3. The summed E-state index contributed by atoms with van der Waals surface area (Å²) in [7, 11) is 0. The van der Waals surface area contributed by atoms with Crippen LogP contribution >= 0.6 is 0 Å². The van der Waals surface area contributed by atoms with Crippen LogP contribution in [-0.2, 0) is 4.89 Å². The summed E-state index contributed by atoms with van der Waals surface area (Å²) >= 11 is 0. The molecule has 33 heavy (non-hydrogen) atoms. The molecule has 3 nitrogen and oxygen atoms in total. The minimum absolute atomic E-state index is 0.207. The Balaban J connectivity index is 1.64. The van der Waals surface area contributed by atoms with Crippen molar-refractivity contribution < 1.29 is 15.3 Å². The van der Waals surface area contributed by atoms with Gasteiger partial charge in [0.2, 0.25) is 0 Å². The molecule has 0 aliphatic heterocycles. The van der Waals surface area contributed by atoms with Gasteiger partial charge in [0.25, 0.3) is 0 Å². The van der Waals surface area contributed by atoms with E-state index in [1.807, 2.05) is 0 Å². The standard InChI is InChI=1S/C30H50O3/c1-20(2)9-8-10-21(3)22-13-17-29(6)23(22)11-12-25-27(4)16-15-26(31)28(5,19-33-32)24(27)14-18-30(25,29)7/h9,23-26,31-32H,8,10-19H2,1-7H3/t23?,24?,25?,26?,27-,28+,29-,30-/m0/s1. The Labute approximate surface area is 203 Å². The molecule has 4 unspecified atom stereocenters. The molecule has 0 spiro atoms. The number of hydrogen-bond acceptors (Lipinski definition) is 3. The van der Waals surface area contributed by atoms with Gasteiger partial charge in [-0.15, -0.1) is 0 Å². The number of hydrogen-bond donors (Lipinski definition) is 2. The Kier molecular flexibility index (Phi) is 6.78. The van der Waals surface area contributed by atoms with Crippen LogP contribution in [0.15, 0.2) is 22.8 Å². The van der Waals surface area contributed by atoms with Crippen molar-refractivity contribution in [2.75, 3.05) is 6.61 Å². The van der Waals surface area contributed by atoms with Crippen molar-refractivity contribution in [1.82, 2.24) is 0 Å². The molecule has 8 atom stereocenters. The molecule has 0 aromatic heterocycles. The predicted molar refractivity (Wildman–Crippen MR) is 136 cm³/mol. The third kappa shape index (κ3) is 3.71. The number of rotatable bonds is 5. The van der Waals surface area contributed by atoms with E-state index in [2.05, 4.69) is 54.5 Å². The lowest BCUT2D eigenvalue weighted by molar-refractivity contribution is -0.299. The average molecular weight is 459 g/mol. The molecule has 4 aliphatic carbocycles. The van der Waals surface area contributed by atoms with E-state index < -0.39 is 0 Å². The van der Waals surface area contributed by atoms with Gasteiger partial charge in [0.1, 0.15) is 0 Å². The van der Waals surface area contributed by atoms with Crippen molar-refractivity contribution >= 4 is 0 Å². The third-order valence-corrected chi connectivity index (χ3v) is 12.0. The van der Waals surface area contributed by atoms with Gasteiger partial charge in [-0.05, 0) is 119 Å². The highest BCUT2D eigenvalue weighted by Gasteiger charge is 2.68. The van der Waals surface area contributed by atoms with E-state index in [1.54, 1.807) is 11.1 Å². The first-order valence-corrected chi connectivity index (χ1v) is 13.7. The van der Waals surface area contributed by atoms with Crippen LogP contribution in [0.5, 0.6) is 0 Å². The summed E-state index contributed by atoms with van der Waals surface area (Å²) in [6.45, 7) is 17.0. The fourth-order valence-corrected chi connectivity index (χ4v) is 9.91. The molecule has 188 valence electrons. The summed E-state index contributed by atoms with van der Waals surface area (Å²) in [6, 6.07) is 0. The van der Waals surface area contributed by atoms with Crippen LogP contribution in [0, 0.1) is 39.4 Å². The zero-order chi connectivity index (χ0) is 24.2. The zero-order valence-corrected chi connectivity index (χ0v) is 22.5. The lowest BCUT2D eigenvalue weighted by Gasteiger charge is -2.69. The summed E-state index contributed by atoms with van der Waals surface area (Å²) in [5, 5.41) is 20.3. The van der Waals surface area contributed by atoms with Gasteiger partial charge in [-0.2, -0.15) is 0 Å². The lowest BCUT2D eigenvalue weighted by Crippen LogP contribution is -2.64. The van der Waals surface area contributed by atoms with Crippen molar-refractivity contribution in [2.45, 2.75) is 119 Å². The van der Waals surface area contributed by atoms with Crippen molar-refractivity contribution in [1.29, 1.82) is 0 Å². The van der Waals surface area contributed by atoms with Crippen LogP contribution in [0.2, 0.25) is 0 Å². The fraction of sp³-hybridized carbons (Fsp3) is 0.867. The normalized spacial score (nSPS) is 48.5. The fourth-order valence-electron chi connectivity index (χ4n) is 9.91. The Hall–Kier alpha value is -0.640. The van der Waals surface area contributed by atoms with Crippen molar-refractivity contribution in [3.63, 3.8) is 0 Å². The maximum atomic E-state index is 11.0. The smallest absolute Gasteiger partial charge is 0.0900 e. The SMILES string of the molecule is CC(C)=CCCC(C)=C1CC[C@@]2(C)C1CCC1[C@@]3(C)CCC(O)[C@](C)(COO)C3CC[C@@]12C. The summed E-state index contributed by atoms with van der Waals surface area (Å²) in [6.07, 6.45) is 14.0. The molecular weight excluding hydrogens is 408 g/mol. The molecule has 0 amide bonds. The van der Waals surface area contributed by atoms with E-state index in [-0.39, 0.29) is 23.5 Å². The second kappa shape index (κ2) is 8.79. The largest absolute Gasteiger partial charge is 0.392 e. The van der Waals surface area contributed by atoms with Crippen LogP contribution < -0.4 is 0 Å². The van der Waals surface area contributed by atoms with E-state index in [1.165, 1.54) is 50.5 Å². The molecule has 0 radical (unpaired) electrons. The van der Waals surface area contributed by atoms with Crippen LogP contribution in [0.25, 0.3) is 0 Å². The third-order valence-electron chi connectivity index (χ3n) is 12.0. The minimum atomic E-state index is -0.386. The quantitative estimate of drug-likeness (QED) is 0.250. The molecule has 2 N–H and O–H groups in total. The van der Waals surface area contributed by atoms with Gasteiger partial charge < -0.3 is 5.11 Å². The maximum Gasteiger partial charge on any atom is 0.0900 e. The molecule has 0 bridgehead atoms. The van der Waals surface area contributed by atoms with Gasteiger partial charge in [0.15, 0.2) is 0 Å². The average Bonchev–Trinajstić information content (AvgIpc) is 3.09. The number of aliphatic hydroxyl groups excluding tert-OH is 1. The predicted octanol–water partition coefficient (Wildman–Crippen LogP) is 7.95. The van der Waals surface area contributed by atoms with Crippen LogP contribution in [0.1, 0.15) is 113 Å². The van der Waals surface area contributed by atoms with Crippen LogP contribution in [-0.4, -0.2) is 23.1 Å². The van der Waals surface area contributed by atoms with Crippen LogP contribution in [0.4, 0.5) is 0 Å². The van der Waals surface area contributed by atoms with Gasteiger partial charge in [-0.1, -0.05) is 50.5 Å². The van der Waals surface area contributed by atoms with E-state index in [0.717, 1.165) is 25.2 Å². The van der Waals surface area contributed by atoms with Gasteiger partial charge in [-0.25, -0.2) is 4.89 Å². The van der Waals surface area contributed by atoms with Crippen molar-refractivity contribution in [3.05, 3.63) is 22.8 Å². The molecule has 4 saturated carbocycles. The number of allylic oxidation sites excluding steroid dienone is 4. The van der Waals surface area contributed by atoms with Crippen molar-refractivity contribution in [3.8, 4) is 0 Å². The Morgan fingerprint density at radius 2 is 1.67 bits per heavy atom. The Morgan fingerprint density at radius 1 is 0.939 bits per heavy atom. The summed E-state index contributed by atoms with van der Waals surface area (Å²) in [5.41, 5.74) is 5.45. The second-order valence-electron chi connectivity index (χ2n) is 13.6. The molecule has 0 aromatic carbocycles. The molecule has 0 saturated heterocycles. The lowest BCUT2D eigenvalue weighted by atomic mass is 9.35. The van der Waals surface area contributed by atoms with Gasteiger partial charge in [0.05, 0.1) is 12.7 Å². The van der Waals surface area contributed by atoms with Crippen LogP contribution in [0.3, 0.4) is 0 Å². The molecule has 3 heteroatoms. The highest BCUT2D eigenvalue weighted by Crippen LogP contribution is 2.75. The first-order valence-electron chi connectivity index (χ1n) is 13.7. The molecule has 0 heterocycles. The highest BCUT2D eigenvalue weighted by atomic mass is 17.1. The second-order valence-corrected chi connectivity index (χ2v) is 13.6. The molecule has 4 aliphatic rings. The van der Waals surface area contributed by atoms with Gasteiger partial charge in [-0.3, -0.25) is 5.26 Å². The monoisotopic (exact) mass is 458 g/mol. The highest BCUT2D eigenvalue weighted by molar-refractivity contribution is 5.29. The van der Waals surface area contributed by atoms with Gasteiger partial charge in [0, 0.05) is 5.41 Å². The van der Waals surface area contributed by atoms with E-state index in [4.69, 9.17) is 4.89 Å². The zero-order valence-electron chi connectivity index (χ0n) is 22.5. The Bertz CT molecular complexity index is 809. The van der Waals surface area contributed by atoms with Crippen molar-refractivity contribution in [2.24, 2.45) is 39.4 Å². The topological polar surface area (TPSA) is 49.7 Å². The molecule has 4 rings (SSSR count). The molecule has 0 aromatic rings. The van der Waals surface area contributed by atoms with Gasteiger partial charge >= 0.3 is 0 Å². The first-order chi connectivity index (χ1) is 15.4. The maximum absolute atomic E-state index is 11.0. The van der Waals surface area contributed by atoms with E-state index >= 15 is 0 Å². The van der Waals surface area contributed by atoms with E-state index in [9.17, 15) is 10.4 Å². The summed E-state index contributed by atoms with van der Waals surface area (Å²) in [5.74, 6) is 1.83.